The van der Waals surface area contributed by atoms with Gasteiger partial charge in [0.15, 0.2) is 5.78 Å². The van der Waals surface area contributed by atoms with Crippen LogP contribution in [-0.4, -0.2) is 29.7 Å². The molecule has 1 aromatic heterocycles. The number of amides is 1. The van der Waals surface area contributed by atoms with Crippen LogP contribution in [0.2, 0.25) is 0 Å². The highest BCUT2D eigenvalue weighted by Crippen LogP contribution is 2.36. The lowest BCUT2D eigenvalue weighted by molar-refractivity contribution is -0.130. The first-order valence-electron chi connectivity index (χ1n) is 9.48. The first kappa shape index (κ1) is 20.6. The van der Waals surface area contributed by atoms with Gasteiger partial charge < -0.3 is 4.90 Å². The van der Waals surface area contributed by atoms with Crippen molar-refractivity contribution in [2.75, 3.05) is 13.1 Å². The van der Waals surface area contributed by atoms with Crippen molar-refractivity contribution in [3.05, 3.63) is 34.7 Å². The number of ketones is 1. The van der Waals surface area contributed by atoms with Crippen LogP contribution in [-0.2, 0) is 11.2 Å². The SMILES string of the molecule is CCN(CCC(C)C)C(=O)Cc1c(C(=O)C(C)(C)C)sc2ccccc12. The highest BCUT2D eigenvalue weighted by molar-refractivity contribution is 7.21. The van der Waals surface area contributed by atoms with Crippen molar-refractivity contribution in [2.24, 2.45) is 11.3 Å². The van der Waals surface area contributed by atoms with E-state index in [0.717, 1.165) is 33.5 Å². The molecule has 26 heavy (non-hydrogen) atoms. The Morgan fingerprint density at radius 2 is 1.81 bits per heavy atom. The first-order valence-corrected chi connectivity index (χ1v) is 10.3. The molecule has 0 radical (unpaired) electrons. The van der Waals surface area contributed by atoms with Crippen molar-refractivity contribution in [1.29, 1.82) is 0 Å². The van der Waals surface area contributed by atoms with E-state index in [0.29, 0.717) is 18.9 Å². The molecule has 142 valence electrons. The van der Waals surface area contributed by atoms with Gasteiger partial charge in [0.2, 0.25) is 5.91 Å². The molecular formula is C22H31NO2S. The van der Waals surface area contributed by atoms with Gasteiger partial charge in [-0.15, -0.1) is 11.3 Å². The molecule has 0 aliphatic heterocycles. The zero-order chi connectivity index (χ0) is 19.5. The summed E-state index contributed by atoms with van der Waals surface area (Å²) < 4.78 is 1.08. The van der Waals surface area contributed by atoms with Crippen molar-refractivity contribution >= 4 is 33.1 Å². The van der Waals surface area contributed by atoms with E-state index in [1.54, 1.807) is 0 Å². The molecule has 0 bridgehead atoms. The summed E-state index contributed by atoms with van der Waals surface area (Å²) in [6, 6.07) is 8.02. The van der Waals surface area contributed by atoms with Gasteiger partial charge in [-0.1, -0.05) is 52.8 Å². The molecule has 0 N–H and O–H groups in total. The fourth-order valence-electron chi connectivity index (χ4n) is 2.93. The Balaban J connectivity index is 2.38. The van der Waals surface area contributed by atoms with Crippen molar-refractivity contribution in [1.82, 2.24) is 4.90 Å². The van der Waals surface area contributed by atoms with Gasteiger partial charge in [-0.3, -0.25) is 9.59 Å². The molecule has 0 atom stereocenters. The number of carbonyl (C=O) groups is 2. The summed E-state index contributed by atoms with van der Waals surface area (Å²) in [7, 11) is 0. The molecule has 2 aromatic rings. The van der Waals surface area contributed by atoms with Gasteiger partial charge in [-0.05, 0) is 36.3 Å². The third-order valence-electron chi connectivity index (χ3n) is 4.62. The largest absolute Gasteiger partial charge is 0.343 e. The van der Waals surface area contributed by atoms with Gasteiger partial charge in [-0.2, -0.15) is 0 Å². The molecule has 0 saturated carbocycles. The average molecular weight is 374 g/mol. The van der Waals surface area contributed by atoms with Crippen LogP contribution in [0.3, 0.4) is 0 Å². The number of carbonyl (C=O) groups excluding carboxylic acids is 2. The van der Waals surface area contributed by atoms with E-state index in [9.17, 15) is 9.59 Å². The van der Waals surface area contributed by atoms with E-state index in [1.807, 2.05) is 56.9 Å². The Morgan fingerprint density at radius 1 is 1.15 bits per heavy atom. The molecule has 0 spiro atoms. The lowest BCUT2D eigenvalue weighted by Crippen LogP contribution is -2.34. The molecule has 1 heterocycles. The minimum atomic E-state index is -0.458. The maximum absolute atomic E-state index is 13.0. The zero-order valence-corrected chi connectivity index (χ0v) is 17.7. The fraction of sp³-hybridized carbons (Fsp3) is 0.545. The Bertz CT molecular complexity index is 783. The van der Waals surface area contributed by atoms with E-state index in [-0.39, 0.29) is 11.7 Å². The first-order chi connectivity index (χ1) is 12.1. The summed E-state index contributed by atoms with van der Waals surface area (Å²) in [6.45, 7) is 13.7. The molecule has 0 fully saturated rings. The molecule has 0 aliphatic carbocycles. The van der Waals surface area contributed by atoms with E-state index < -0.39 is 5.41 Å². The standard InChI is InChI=1S/C22H31NO2S/c1-7-23(13-12-15(2)3)19(24)14-17-16-10-8-9-11-18(16)26-20(17)21(25)22(4,5)6/h8-11,15H,7,12-14H2,1-6H3. The summed E-state index contributed by atoms with van der Waals surface area (Å²) in [5.41, 5.74) is 0.444. The lowest BCUT2D eigenvalue weighted by atomic mass is 9.88. The third kappa shape index (κ3) is 4.73. The number of hydrogen-bond donors (Lipinski definition) is 0. The molecule has 2 rings (SSSR count). The Hall–Kier alpha value is -1.68. The minimum absolute atomic E-state index is 0.111. The molecule has 3 nitrogen and oxygen atoms in total. The van der Waals surface area contributed by atoms with Crippen molar-refractivity contribution in [3.63, 3.8) is 0 Å². The summed E-state index contributed by atoms with van der Waals surface area (Å²) in [5, 5.41) is 1.04. The fourth-order valence-corrected chi connectivity index (χ4v) is 4.31. The molecule has 0 unspecified atom stereocenters. The Labute approximate surface area is 161 Å². The van der Waals surface area contributed by atoms with Crippen LogP contribution in [0.5, 0.6) is 0 Å². The smallest absolute Gasteiger partial charge is 0.227 e. The highest BCUT2D eigenvalue weighted by Gasteiger charge is 2.29. The van der Waals surface area contributed by atoms with Gasteiger partial charge in [0, 0.05) is 23.2 Å². The molecule has 1 aromatic carbocycles. The molecule has 0 aliphatic rings. The van der Waals surface area contributed by atoms with Crippen LogP contribution in [0.25, 0.3) is 10.1 Å². The van der Waals surface area contributed by atoms with Crippen molar-refractivity contribution < 1.29 is 9.59 Å². The number of thiophene rings is 1. The van der Waals surface area contributed by atoms with Crippen LogP contribution in [0.4, 0.5) is 0 Å². The second-order valence-electron chi connectivity index (χ2n) is 8.32. The van der Waals surface area contributed by atoms with Crippen molar-refractivity contribution in [3.8, 4) is 0 Å². The predicted molar refractivity (Wildman–Crippen MR) is 111 cm³/mol. The van der Waals surface area contributed by atoms with Crippen molar-refractivity contribution in [2.45, 2.75) is 54.4 Å². The van der Waals surface area contributed by atoms with Crippen LogP contribution < -0.4 is 0 Å². The number of fused-ring (bicyclic) bond motifs is 1. The van der Waals surface area contributed by atoms with Crippen LogP contribution in [0, 0.1) is 11.3 Å². The Kier molecular flexibility index (Phi) is 6.62. The van der Waals surface area contributed by atoms with E-state index in [1.165, 1.54) is 11.3 Å². The molecular weight excluding hydrogens is 342 g/mol. The average Bonchev–Trinajstić information content (AvgIpc) is 2.92. The van der Waals surface area contributed by atoms with E-state index in [4.69, 9.17) is 0 Å². The number of Topliss-reactive ketones (excluding diaryl/α,β-unsaturated/α-hetero) is 1. The summed E-state index contributed by atoms with van der Waals surface area (Å²) >= 11 is 1.52. The predicted octanol–water partition coefficient (Wildman–Crippen LogP) is 5.57. The topological polar surface area (TPSA) is 37.4 Å². The normalized spacial score (nSPS) is 12.0. The van der Waals surface area contributed by atoms with Gasteiger partial charge in [0.1, 0.15) is 0 Å². The third-order valence-corrected chi connectivity index (χ3v) is 5.84. The maximum Gasteiger partial charge on any atom is 0.227 e. The number of nitrogens with zero attached hydrogens (tertiary/aromatic N) is 1. The zero-order valence-electron chi connectivity index (χ0n) is 16.9. The summed E-state index contributed by atoms with van der Waals surface area (Å²) in [6.07, 6.45) is 1.30. The number of benzene rings is 1. The van der Waals surface area contributed by atoms with Crippen LogP contribution in [0.15, 0.2) is 24.3 Å². The van der Waals surface area contributed by atoms with E-state index >= 15 is 0 Å². The Morgan fingerprint density at radius 3 is 2.38 bits per heavy atom. The number of rotatable bonds is 7. The van der Waals surface area contributed by atoms with Gasteiger partial charge in [0.25, 0.3) is 0 Å². The molecule has 0 saturated heterocycles. The second kappa shape index (κ2) is 8.34. The van der Waals surface area contributed by atoms with Gasteiger partial charge in [-0.25, -0.2) is 0 Å². The van der Waals surface area contributed by atoms with Crippen LogP contribution >= 0.6 is 11.3 Å². The van der Waals surface area contributed by atoms with Gasteiger partial charge in [0.05, 0.1) is 11.3 Å². The van der Waals surface area contributed by atoms with Crippen LogP contribution in [0.1, 0.15) is 63.2 Å². The quantitative estimate of drug-likeness (QED) is 0.595. The lowest BCUT2D eigenvalue weighted by Gasteiger charge is -2.22. The number of hydrogen-bond acceptors (Lipinski definition) is 3. The monoisotopic (exact) mass is 373 g/mol. The highest BCUT2D eigenvalue weighted by atomic mass is 32.1. The van der Waals surface area contributed by atoms with E-state index in [2.05, 4.69) is 13.8 Å². The number of likely N-dealkylation sites (N-methyl/N-ethyl adjacent to an activating group) is 1. The summed E-state index contributed by atoms with van der Waals surface area (Å²) in [5.74, 6) is 0.795. The maximum atomic E-state index is 13.0. The summed E-state index contributed by atoms with van der Waals surface area (Å²) in [4.78, 5) is 28.6. The molecule has 4 heteroatoms. The minimum Gasteiger partial charge on any atom is -0.343 e. The second-order valence-corrected chi connectivity index (χ2v) is 9.37. The van der Waals surface area contributed by atoms with Gasteiger partial charge >= 0.3 is 0 Å². The molecule has 1 amide bonds.